The Labute approximate surface area is 211 Å². The lowest BCUT2D eigenvalue weighted by Crippen LogP contribution is -2.09. The van der Waals surface area contributed by atoms with Crippen molar-refractivity contribution < 1.29 is 4.92 Å². The molecule has 2 aromatic heterocycles. The zero-order valence-corrected chi connectivity index (χ0v) is 21.0. The quantitative estimate of drug-likeness (QED) is 0.156. The highest BCUT2D eigenvalue weighted by atomic mass is 16.6. The van der Waals surface area contributed by atoms with Gasteiger partial charge in [0, 0.05) is 51.2 Å². The van der Waals surface area contributed by atoms with E-state index in [9.17, 15) is 10.1 Å². The van der Waals surface area contributed by atoms with Crippen molar-refractivity contribution in [1.82, 2.24) is 9.97 Å². The summed E-state index contributed by atoms with van der Waals surface area (Å²) in [6.45, 7) is 4.44. The number of nitro groups is 1. The second-order valence-electron chi connectivity index (χ2n) is 9.61. The number of para-hydroxylation sites is 2. The van der Waals surface area contributed by atoms with Crippen molar-refractivity contribution in [3.63, 3.8) is 0 Å². The summed E-state index contributed by atoms with van der Waals surface area (Å²) in [5.41, 5.74) is 8.56. The third-order valence-corrected chi connectivity index (χ3v) is 7.23. The number of unbranched alkanes of at least 4 members (excludes halogenated alkanes) is 2. The molecule has 0 aliphatic heterocycles. The molecule has 0 saturated heterocycles. The van der Waals surface area contributed by atoms with E-state index in [-0.39, 0.29) is 16.5 Å². The SMILES string of the molecule is CCCCc1[nH]c2ccccc2c1C(c1ccc([N+](=O)[O-])cc1)c1c(CCCC)[nH]c2ccccc12. The fraction of sp³-hybridized carbons (Fsp3) is 0.290. The molecular weight excluding hydrogens is 446 g/mol. The van der Waals surface area contributed by atoms with Gasteiger partial charge in [-0.25, -0.2) is 0 Å². The van der Waals surface area contributed by atoms with E-state index in [1.165, 1.54) is 33.3 Å². The first-order valence-corrected chi connectivity index (χ1v) is 13.1. The topological polar surface area (TPSA) is 74.7 Å². The van der Waals surface area contributed by atoms with Crippen LogP contribution in [-0.4, -0.2) is 14.9 Å². The van der Waals surface area contributed by atoms with E-state index in [2.05, 4.69) is 72.3 Å². The molecule has 5 rings (SSSR count). The Morgan fingerprint density at radius 1 is 0.722 bits per heavy atom. The summed E-state index contributed by atoms with van der Waals surface area (Å²) in [5.74, 6) is -0.0446. The van der Waals surface area contributed by atoms with Crippen LogP contribution < -0.4 is 0 Å². The number of hydrogen-bond donors (Lipinski definition) is 2. The van der Waals surface area contributed by atoms with E-state index in [0.717, 1.165) is 55.1 Å². The third kappa shape index (κ3) is 4.41. The van der Waals surface area contributed by atoms with Crippen molar-refractivity contribution in [3.05, 3.63) is 111 Å². The molecule has 0 atom stereocenters. The van der Waals surface area contributed by atoms with Crippen molar-refractivity contribution in [1.29, 1.82) is 0 Å². The average molecular weight is 480 g/mol. The minimum Gasteiger partial charge on any atom is -0.358 e. The van der Waals surface area contributed by atoms with E-state index in [1.54, 1.807) is 12.1 Å². The Morgan fingerprint density at radius 3 is 1.64 bits per heavy atom. The number of non-ortho nitro benzene ring substituents is 1. The number of aryl methyl sites for hydroxylation is 2. The maximum absolute atomic E-state index is 11.4. The first-order chi connectivity index (χ1) is 17.6. The first-order valence-electron chi connectivity index (χ1n) is 13.1. The number of nitrogens with one attached hydrogen (secondary N) is 2. The minimum absolute atomic E-state index is 0.0446. The van der Waals surface area contributed by atoms with Gasteiger partial charge < -0.3 is 9.97 Å². The van der Waals surface area contributed by atoms with Crippen LogP contribution in [0.5, 0.6) is 0 Å². The summed E-state index contributed by atoms with van der Waals surface area (Å²) in [6, 6.07) is 24.2. The van der Waals surface area contributed by atoms with Crippen LogP contribution >= 0.6 is 0 Å². The van der Waals surface area contributed by atoms with Crippen LogP contribution in [0, 0.1) is 10.1 Å². The molecule has 184 valence electrons. The minimum atomic E-state index is -0.324. The highest BCUT2D eigenvalue weighted by molar-refractivity contribution is 5.91. The van der Waals surface area contributed by atoms with Gasteiger partial charge in [-0.15, -0.1) is 0 Å². The molecule has 5 aromatic rings. The summed E-state index contributed by atoms with van der Waals surface area (Å²) in [7, 11) is 0. The van der Waals surface area contributed by atoms with Crippen LogP contribution in [0.25, 0.3) is 21.8 Å². The molecule has 5 nitrogen and oxygen atoms in total. The molecule has 0 aliphatic carbocycles. The molecule has 5 heteroatoms. The predicted octanol–water partition coefficient (Wildman–Crippen LogP) is 8.42. The lowest BCUT2D eigenvalue weighted by Gasteiger charge is -2.22. The lowest BCUT2D eigenvalue weighted by molar-refractivity contribution is -0.384. The molecule has 3 aromatic carbocycles. The van der Waals surface area contributed by atoms with E-state index >= 15 is 0 Å². The third-order valence-electron chi connectivity index (χ3n) is 7.23. The average Bonchev–Trinajstić information content (AvgIpc) is 3.45. The van der Waals surface area contributed by atoms with Gasteiger partial charge in [0.15, 0.2) is 0 Å². The van der Waals surface area contributed by atoms with Crippen LogP contribution in [0.4, 0.5) is 5.69 Å². The van der Waals surface area contributed by atoms with Crippen molar-refractivity contribution in [2.45, 2.75) is 58.3 Å². The second-order valence-corrected chi connectivity index (χ2v) is 9.61. The van der Waals surface area contributed by atoms with Crippen LogP contribution in [0.2, 0.25) is 0 Å². The predicted molar refractivity (Wildman–Crippen MR) is 148 cm³/mol. The number of aromatic nitrogens is 2. The molecule has 2 heterocycles. The summed E-state index contributed by atoms with van der Waals surface area (Å²) in [6.07, 6.45) is 6.37. The highest BCUT2D eigenvalue weighted by Gasteiger charge is 2.29. The Bertz CT molecular complexity index is 1410. The number of nitrogens with zero attached hydrogens (tertiary/aromatic N) is 1. The Kier molecular flexibility index (Phi) is 6.90. The number of nitro benzene ring substituents is 1. The van der Waals surface area contributed by atoms with Crippen LogP contribution in [0.1, 0.15) is 73.5 Å². The van der Waals surface area contributed by atoms with Crippen LogP contribution in [-0.2, 0) is 12.8 Å². The molecule has 2 N–H and O–H groups in total. The van der Waals surface area contributed by atoms with Gasteiger partial charge in [0.05, 0.1) is 4.92 Å². The van der Waals surface area contributed by atoms with Gasteiger partial charge in [-0.2, -0.15) is 0 Å². The molecule has 0 bridgehead atoms. The Hall–Kier alpha value is -3.86. The van der Waals surface area contributed by atoms with E-state index in [4.69, 9.17) is 0 Å². The van der Waals surface area contributed by atoms with E-state index in [0.29, 0.717) is 0 Å². The van der Waals surface area contributed by atoms with Crippen LogP contribution in [0.15, 0.2) is 72.8 Å². The van der Waals surface area contributed by atoms with Crippen molar-refractivity contribution >= 4 is 27.5 Å². The summed E-state index contributed by atoms with van der Waals surface area (Å²) in [4.78, 5) is 18.6. The maximum Gasteiger partial charge on any atom is 0.269 e. The standard InChI is InChI=1S/C31H33N3O2/c1-3-5-13-27-30(23-11-7-9-15-25(23)32-27)29(21-17-19-22(20-18-21)34(35)36)31-24-12-8-10-16-26(24)33-28(31)14-6-4-2/h7-12,15-20,29,32-33H,3-6,13-14H2,1-2H3. The van der Waals surface area contributed by atoms with Crippen LogP contribution in [0.3, 0.4) is 0 Å². The molecule has 0 unspecified atom stereocenters. The molecule has 0 fully saturated rings. The molecule has 0 saturated carbocycles. The van der Waals surface area contributed by atoms with Gasteiger partial charge in [-0.1, -0.05) is 75.2 Å². The van der Waals surface area contributed by atoms with Gasteiger partial charge in [0.2, 0.25) is 0 Å². The molecule has 0 radical (unpaired) electrons. The van der Waals surface area contributed by atoms with Gasteiger partial charge in [0.1, 0.15) is 0 Å². The number of H-pyrrole nitrogens is 2. The number of rotatable bonds is 10. The summed E-state index contributed by atoms with van der Waals surface area (Å²) < 4.78 is 0. The first kappa shape index (κ1) is 23.9. The van der Waals surface area contributed by atoms with E-state index in [1.807, 2.05) is 12.1 Å². The van der Waals surface area contributed by atoms with Gasteiger partial charge in [-0.05, 0) is 54.5 Å². The second kappa shape index (κ2) is 10.4. The van der Waals surface area contributed by atoms with E-state index < -0.39 is 0 Å². The molecule has 0 aliphatic rings. The zero-order chi connectivity index (χ0) is 25.1. The van der Waals surface area contributed by atoms with Gasteiger partial charge in [0.25, 0.3) is 5.69 Å². The lowest BCUT2D eigenvalue weighted by atomic mass is 9.81. The number of benzene rings is 3. The summed E-state index contributed by atoms with van der Waals surface area (Å²) >= 11 is 0. The van der Waals surface area contributed by atoms with Crippen molar-refractivity contribution in [2.24, 2.45) is 0 Å². The highest BCUT2D eigenvalue weighted by Crippen LogP contribution is 2.44. The molecule has 36 heavy (non-hydrogen) atoms. The Morgan fingerprint density at radius 2 is 1.19 bits per heavy atom. The van der Waals surface area contributed by atoms with Gasteiger partial charge >= 0.3 is 0 Å². The number of hydrogen-bond acceptors (Lipinski definition) is 2. The number of fused-ring (bicyclic) bond motifs is 2. The van der Waals surface area contributed by atoms with Crippen molar-refractivity contribution in [2.75, 3.05) is 0 Å². The number of aromatic amines is 2. The fourth-order valence-corrected chi connectivity index (χ4v) is 5.47. The Balaban J connectivity index is 1.82. The molecule has 0 spiro atoms. The monoisotopic (exact) mass is 479 g/mol. The molecule has 0 amide bonds. The fourth-order valence-electron chi connectivity index (χ4n) is 5.47. The summed E-state index contributed by atoms with van der Waals surface area (Å²) in [5, 5.41) is 13.9. The normalized spacial score (nSPS) is 11.6. The maximum atomic E-state index is 11.4. The molecular formula is C31H33N3O2. The zero-order valence-electron chi connectivity index (χ0n) is 21.0. The largest absolute Gasteiger partial charge is 0.358 e. The smallest absolute Gasteiger partial charge is 0.269 e. The van der Waals surface area contributed by atoms with Gasteiger partial charge in [-0.3, -0.25) is 10.1 Å². The van der Waals surface area contributed by atoms with Crippen molar-refractivity contribution in [3.8, 4) is 0 Å².